The maximum Gasteiger partial charge on any atom is 0.408 e. The molecule has 0 aliphatic rings. The van der Waals surface area contributed by atoms with Crippen LogP contribution in [0.15, 0.2) is 0 Å². The first-order chi connectivity index (χ1) is 9.51. The minimum Gasteiger partial charge on any atom is -0.444 e. The Morgan fingerprint density at radius 1 is 1.24 bits per heavy atom. The SMILES string of the molecule is CC(C)C[C@H](NC(=O)OC(C)(C)C)C(=O)SCCC(N)=O. The molecule has 0 aromatic heterocycles. The minimum atomic E-state index is -0.627. The van der Waals surface area contributed by atoms with E-state index in [0.29, 0.717) is 12.2 Å². The third-order valence-electron chi connectivity index (χ3n) is 2.28. The maximum atomic E-state index is 12.1. The molecule has 0 bridgehead atoms. The van der Waals surface area contributed by atoms with Crippen LogP contribution >= 0.6 is 11.8 Å². The highest BCUT2D eigenvalue weighted by Crippen LogP contribution is 2.15. The average Bonchev–Trinajstić information content (AvgIpc) is 2.23. The Morgan fingerprint density at radius 3 is 2.24 bits per heavy atom. The van der Waals surface area contributed by atoms with Gasteiger partial charge in [0.1, 0.15) is 11.6 Å². The van der Waals surface area contributed by atoms with Gasteiger partial charge in [-0.05, 0) is 33.1 Å². The van der Waals surface area contributed by atoms with Crippen LogP contribution in [0.2, 0.25) is 0 Å². The van der Waals surface area contributed by atoms with Gasteiger partial charge in [0, 0.05) is 12.2 Å². The lowest BCUT2D eigenvalue weighted by atomic mass is 10.1. The van der Waals surface area contributed by atoms with E-state index in [1.54, 1.807) is 20.8 Å². The second-order valence-electron chi connectivity index (χ2n) is 6.21. The molecule has 3 N–H and O–H groups in total. The molecular weight excluding hydrogens is 292 g/mol. The Morgan fingerprint density at radius 2 is 1.81 bits per heavy atom. The number of rotatable bonds is 7. The fourth-order valence-corrected chi connectivity index (χ4v) is 2.35. The molecule has 0 saturated heterocycles. The largest absolute Gasteiger partial charge is 0.444 e. The van der Waals surface area contributed by atoms with Gasteiger partial charge in [0.2, 0.25) is 11.0 Å². The molecule has 0 radical (unpaired) electrons. The Balaban J connectivity index is 4.53. The van der Waals surface area contributed by atoms with Gasteiger partial charge < -0.3 is 15.8 Å². The highest BCUT2D eigenvalue weighted by molar-refractivity contribution is 8.13. The molecule has 0 aromatic carbocycles. The van der Waals surface area contributed by atoms with Gasteiger partial charge in [-0.2, -0.15) is 0 Å². The van der Waals surface area contributed by atoms with Gasteiger partial charge in [-0.15, -0.1) is 0 Å². The number of hydrogen-bond donors (Lipinski definition) is 2. The molecule has 0 aliphatic carbocycles. The highest BCUT2D eigenvalue weighted by atomic mass is 32.2. The van der Waals surface area contributed by atoms with E-state index in [4.69, 9.17) is 10.5 Å². The van der Waals surface area contributed by atoms with Crippen LogP contribution in [-0.4, -0.2) is 34.5 Å². The molecule has 21 heavy (non-hydrogen) atoms. The summed E-state index contributed by atoms with van der Waals surface area (Å²) < 4.78 is 5.16. The molecule has 0 fully saturated rings. The van der Waals surface area contributed by atoms with E-state index >= 15 is 0 Å². The lowest BCUT2D eigenvalue weighted by molar-refractivity contribution is -0.117. The van der Waals surface area contributed by atoms with Crippen molar-refractivity contribution in [1.82, 2.24) is 5.32 Å². The molecular formula is C14H26N2O4S. The zero-order valence-electron chi connectivity index (χ0n) is 13.4. The number of thioether (sulfide) groups is 1. The molecule has 0 spiro atoms. The monoisotopic (exact) mass is 318 g/mol. The molecule has 0 saturated carbocycles. The number of ether oxygens (including phenoxy) is 1. The summed E-state index contributed by atoms with van der Waals surface area (Å²) in [6.45, 7) is 9.20. The number of hydrogen-bond acceptors (Lipinski definition) is 5. The van der Waals surface area contributed by atoms with Crippen molar-refractivity contribution in [1.29, 1.82) is 0 Å². The smallest absolute Gasteiger partial charge is 0.408 e. The predicted octanol–water partition coefficient (Wildman–Crippen LogP) is 2.06. The third-order valence-corrected chi connectivity index (χ3v) is 3.25. The Hall–Kier alpha value is -1.24. The summed E-state index contributed by atoms with van der Waals surface area (Å²) in [4.78, 5) is 34.5. The van der Waals surface area contributed by atoms with Crippen LogP contribution < -0.4 is 11.1 Å². The average molecular weight is 318 g/mol. The Kier molecular flexibility index (Phi) is 8.39. The van der Waals surface area contributed by atoms with E-state index in [0.717, 1.165) is 11.8 Å². The van der Waals surface area contributed by atoms with E-state index in [2.05, 4.69) is 5.32 Å². The van der Waals surface area contributed by atoms with Gasteiger partial charge in [-0.25, -0.2) is 4.79 Å². The molecule has 0 aromatic rings. The molecule has 0 rings (SSSR count). The molecule has 122 valence electrons. The van der Waals surface area contributed by atoms with E-state index in [1.807, 2.05) is 13.8 Å². The van der Waals surface area contributed by atoms with Crippen molar-refractivity contribution in [3.05, 3.63) is 0 Å². The van der Waals surface area contributed by atoms with Crippen molar-refractivity contribution in [2.24, 2.45) is 11.7 Å². The van der Waals surface area contributed by atoms with E-state index in [-0.39, 0.29) is 17.5 Å². The molecule has 2 amide bonds. The summed E-state index contributed by atoms with van der Waals surface area (Å²) in [5.41, 5.74) is 4.42. The van der Waals surface area contributed by atoms with Crippen LogP contribution in [0.4, 0.5) is 4.79 Å². The predicted molar refractivity (Wildman–Crippen MR) is 83.9 cm³/mol. The molecule has 7 heteroatoms. The molecule has 0 heterocycles. The van der Waals surface area contributed by atoms with Gasteiger partial charge in [0.15, 0.2) is 0 Å². The lowest BCUT2D eigenvalue weighted by Crippen LogP contribution is -2.43. The van der Waals surface area contributed by atoms with Gasteiger partial charge in [0.25, 0.3) is 0 Å². The number of carbonyl (C=O) groups is 3. The van der Waals surface area contributed by atoms with Gasteiger partial charge in [0.05, 0.1) is 0 Å². The van der Waals surface area contributed by atoms with E-state index < -0.39 is 23.6 Å². The van der Waals surface area contributed by atoms with Crippen LogP contribution in [0.3, 0.4) is 0 Å². The number of alkyl carbamates (subject to hydrolysis) is 1. The zero-order valence-corrected chi connectivity index (χ0v) is 14.2. The zero-order chi connectivity index (χ0) is 16.6. The standard InChI is InChI=1S/C14H26N2O4S/c1-9(2)8-10(12(18)21-7-6-11(15)17)16-13(19)20-14(3,4)5/h9-10H,6-8H2,1-5H3,(H2,15,17)(H,16,19)/t10-/m0/s1. The summed E-state index contributed by atoms with van der Waals surface area (Å²) >= 11 is 1.00. The number of primary amides is 1. The van der Waals surface area contributed by atoms with Crippen LogP contribution in [0, 0.1) is 5.92 Å². The van der Waals surface area contributed by atoms with Gasteiger partial charge in [-0.1, -0.05) is 25.6 Å². The summed E-state index contributed by atoms with van der Waals surface area (Å²) in [6.07, 6.45) is 0.0378. The lowest BCUT2D eigenvalue weighted by Gasteiger charge is -2.23. The second kappa shape index (κ2) is 8.92. The minimum absolute atomic E-state index is 0.136. The fraction of sp³-hybridized carbons (Fsp3) is 0.786. The molecule has 0 aliphatic heterocycles. The van der Waals surface area contributed by atoms with Crippen molar-refractivity contribution in [2.75, 3.05) is 5.75 Å². The number of amides is 2. The van der Waals surface area contributed by atoms with Crippen molar-refractivity contribution in [2.45, 2.75) is 59.1 Å². The van der Waals surface area contributed by atoms with Crippen molar-refractivity contribution < 1.29 is 19.1 Å². The first kappa shape index (κ1) is 19.8. The molecule has 6 nitrogen and oxygen atoms in total. The fourth-order valence-electron chi connectivity index (χ4n) is 1.49. The van der Waals surface area contributed by atoms with Gasteiger partial charge in [-0.3, -0.25) is 9.59 Å². The number of nitrogens with two attached hydrogens (primary N) is 1. The summed E-state index contributed by atoms with van der Waals surface area (Å²) in [5, 5.41) is 2.41. The quantitative estimate of drug-likeness (QED) is 0.748. The van der Waals surface area contributed by atoms with E-state index in [9.17, 15) is 14.4 Å². The Bertz CT molecular complexity index is 378. The summed E-state index contributed by atoms with van der Waals surface area (Å²) in [6, 6.07) is -0.627. The van der Waals surface area contributed by atoms with E-state index in [1.165, 1.54) is 0 Å². The van der Waals surface area contributed by atoms with Crippen LogP contribution in [0.25, 0.3) is 0 Å². The molecule has 1 atom stereocenters. The molecule has 0 unspecified atom stereocenters. The first-order valence-electron chi connectivity index (χ1n) is 6.95. The normalized spacial score (nSPS) is 12.9. The Labute approximate surface area is 130 Å². The summed E-state index contributed by atoms with van der Waals surface area (Å²) in [5.74, 6) is 0.111. The van der Waals surface area contributed by atoms with Crippen LogP contribution in [0.5, 0.6) is 0 Å². The topological polar surface area (TPSA) is 98.5 Å². The number of nitrogens with one attached hydrogen (secondary N) is 1. The van der Waals surface area contributed by atoms with Crippen LogP contribution in [0.1, 0.15) is 47.5 Å². The maximum absolute atomic E-state index is 12.1. The van der Waals surface area contributed by atoms with Crippen molar-refractivity contribution in [3.8, 4) is 0 Å². The van der Waals surface area contributed by atoms with Crippen molar-refractivity contribution >= 4 is 28.9 Å². The van der Waals surface area contributed by atoms with Gasteiger partial charge >= 0.3 is 6.09 Å². The second-order valence-corrected chi connectivity index (χ2v) is 7.31. The van der Waals surface area contributed by atoms with Crippen LogP contribution in [-0.2, 0) is 14.3 Å². The van der Waals surface area contributed by atoms with Crippen molar-refractivity contribution in [3.63, 3.8) is 0 Å². The number of carbonyl (C=O) groups excluding carboxylic acids is 3. The first-order valence-corrected chi connectivity index (χ1v) is 7.94. The third kappa shape index (κ3) is 11.1. The highest BCUT2D eigenvalue weighted by Gasteiger charge is 2.25. The summed E-state index contributed by atoms with van der Waals surface area (Å²) in [7, 11) is 0.